The van der Waals surface area contributed by atoms with Crippen LogP contribution in [0.4, 0.5) is 0 Å². The summed E-state index contributed by atoms with van der Waals surface area (Å²) in [6.07, 6.45) is 2.12. The van der Waals surface area contributed by atoms with Crippen LogP contribution in [0.25, 0.3) is 0 Å². The SMILES string of the molecule is Cc1sc(=O)n(CC(=O)N2CCCC2CC(C)O)c1C. The second-order valence-electron chi connectivity index (χ2n) is 5.56. The van der Waals surface area contributed by atoms with Crippen molar-refractivity contribution in [3.05, 3.63) is 20.2 Å². The predicted molar refractivity (Wildman–Crippen MR) is 79.1 cm³/mol. The Kier molecular flexibility index (Phi) is 4.65. The number of thiazole rings is 1. The number of hydrogen-bond acceptors (Lipinski definition) is 4. The molecule has 6 heteroatoms. The molecule has 1 amide bonds. The molecule has 0 aliphatic carbocycles. The lowest BCUT2D eigenvalue weighted by atomic mass is 10.1. The molecular weight excluding hydrogens is 276 g/mol. The van der Waals surface area contributed by atoms with Gasteiger partial charge in [-0.3, -0.25) is 14.2 Å². The van der Waals surface area contributed by atoms with Gasteiger partial charge in [-0.15, -0.1) is 0 Å². The van der Waals surface area contributed by atoms with Gasteiger partial charge >= 0.3 is 4.87 Å². The quantitative estimate of drug-likeness (QED) is 0.911. The van der Waals surface area contributed by atoms with Gasteiger partial charge in [0, 0.05) is 23.2 Å². The van der Waals surface area contributed by atoms with E-state index in [1.54, 1.807) is 11.5 Å². The maximum Gasteiger partial charge on any atom is 0.308 e. The third-order valence-electron chi connectivity index (χ3n) is 3.98. The monoisotopic (exact) mass is 298 g/mol. The van der Waals surface area contributed by atoms with Crippen LogP contribution >= 0.6 is 11.3 Å². The minimum absolute atomic E-state index is 0.0175. The Morgan fingerprint density at radius 2 is 2.20 bits per heavy atom. The largest absolute Gasteiger partial charge is 0.393 e. The molecule has 2 rings (SSSR count). The minimum Gasteiger partial charge on any atom is -0.393 e. The molecule has 0 radical (unpaired) electrons. The third-order valence-corrected chi connectivity index (χ3v) is 4.98. The summed E-state index contributed by atoms with van der Waals surface area (Å²) in [4.78, 5) is 27.0. The standard InChI is InChI=1S/C14H22N2O3S/c1-9(17)7-12-5-4-6-15(12)13(18)8-16-10(2)11(3)20-14(16)19/h9,12,17H,4-8H2,1-3H3. The number of hydrogen-bond donors (Lipinski definition) is 1. The predicted octanol–water partition coefficient (Wildman–Crippen LogP) is 1.29. The van der Waals surface area contributed by atoms with Crippen molar-refractivity contribution in [1.82, 2.24) is 9.47 Å². The molecule has 0 bridgehead atoms. The van der Waals surface area contributed by atoms with Crippen molar-refractivity contribution in [2.75, 3.05) is 6.54 Å². The van der Waals surface area contributed by atoms with Gasteiger partial charge < -0.3 is 10.0 Å². The van der Waals surface area contributed by atoms with Crippen LogP contribution in [0.3, 0.4) is 0 Å². The van der Waals surface area contributed by atoms with Gasteiger partial charge in [0.25, 0.3) is 0 Å². The molecule has 1 aliphatic heterocycles. The Labute approximate surface area is 122 Å². The molecule has 112 valence electrons. The number of amides is 1. The lowest BCUT2D eigenvalue weighted by molar-refractivity contribution is -0.133. The number of likely N-dealkylation sites (tertiary alicyclic amines) is 1. The highest BCUT2D eigenvalue weighted by Gasteiger charge is 2.30. The molecule has 5 nitrogen and oxygen atoms in total. The summed E-state index contributed by atoms with van der Waals surface area (Å²) < 4.78 is 1.56. The van der Waals surface area contributed by atoms with E-state index in [-0.39, 0.29) is 23.4 Å². The fourth-order valence-corrected chi connectivity index (χ4v) is 3.63. The van der Waals surface area contributed by atoms with E-state index in [2.05, 4.69) is 0 Å². The molecule has 1 aliphatic rings. The van der Waals surface area contributed by atoms with Crippen LogP contribution in [0.1, 0.15) is 36.8 Å². The highest BCUT2D eigenvalue weighted by atomic mass is 32.1. The zero-order valence-electron chi connectivity index (χ0n) is 12.3. The Morgan fingerprint density at radius 1 is 1.50 bits per heavy atom. The van der Waals surface area contributed by atoms with E-state index in [9.17, 15) is 14.7 Å². The van der Waals surface area contributed by atoms with Crippen molar-refractivity contribution in [2.24, 2.45) is 0 Å². The molecule has 1 N–H and O–H groups in total. The van der Waals surface area contributed by atoms with E-state index in [0.717, 1.165) is 30.0 Å². The topological polar surface area (TPSA) is 62.5 Å². The number of rotatable bonds is 4. The minimum atomic E-state index is -0.402. The number of nitrogens with zero attached hydrogens (tertiary/aromatic N) is 2. The average molecular weight is 298 g/mol. The number of aromatic nitrogens is 1. The molecule has 2 heterocycles. The molecule has 0 spiro atoms. The molecule has 1 saturated heterocycles. The molecule has 0 saturated carbocycles. The van der Waals surface area contributed by atoms with Crippen LogP contribution in [0.2, 0.25) is 0 Å². The van der Waals surface area contributed by atoms with Crippen molar-refractivity contribution in [3.8, 4) is 0 Å². The van der Waals surface area contributed by atoms with Gasteiger partial charge in [0.15, 0.2) is 0 Å². The van der Waals surface area contributed by atoms with Gasteiger partial charge in [0.2, 0.25) is 5.91 Å². The summed E-state index contributed by atoms with van der Waals surface area (Å²) in [5.74, 6) is -0.0175. The average Bonchev–Trinajstić information content (AvgIpc) is 2.89. The number of carbonyl (C=O) groups is 1. The first-order valence-electron chi connectivity index (χ1n) is 7.04. The number of aliphatic hydroxyl groups is 1. The van der Waals surface area contributed by atoms with E-state index >= 15 is 0 Å². The van der Waals surface area contributed by atoms with E-state index < -0.39 is 6.10 Å². The Bertz CT molecular complexity index is 547. The summed E-state index contributed by atoms with van der Waals surface area (Å²) in [5, 5.41) is 9.50. The Morgan fingerprint density at radius 3 is 2.75 bits per heavy atom. The van der Waals surface area contributed by atoms with E-state index in [1.807, 2.05) is 18.7 Å². The van der Waals surface area contributed by atoms with Crippen LogP contribution < -0.4 is 4.87 Å². The molecule has 2 unspecified atom stereocenters. The number of aryl methyl sites for hydroxylation is 1. The first-order chi connectivity index (χ1) is 9.40. The third kappa shape index (κ3) is 3.12. The van der Waals surface area contributed by atoms with Crippen molar-refractivity contribution in [3.63, 3.8) is 0 Å². The van der Waals surface area contributed by atoms with Crippen LogP contribution in [0.15, 0.2) is 4.79 Å². The molecule has 1 fully saturated rings. The van der Waals surface area contributed by atoms with Gasteiger partial charge in [0.05, 0.1) is 6.10 Å². The van der Waals surface area contributed by atoms with E-state index in [1.165, 1.54) is 11.3 Å². The van der Waals surface area contributed by atoms with Gasteiger partial charge in [-0.1, -0.05) is 11.3 Å². The highest BCUT2D eigenvalue weighted by Crippen LogP contribution is 2.22. The van der Waals surface area contributed by atoms with Gasteiger partial charge in [-0.05, 0) is 40.0 Å². The number of carbonyl (C=O) groups excluding carboxylic acids is 1. The summed E-state index contributed by atoms with van der Waals surface area (Å²) in [6.45, 7) is 6.36. The fraction of sp³-hybridized carbons (Fsp3) is 0.714. The normalized spacial score (nSPS) is 20.4. The lowest BCUT2D eigenvalue weighted by Crippen LogP contribution is -2.40. The second-order valence-corrected chi connectivity index (χ2v) is 6.73. The first-order valence-corrected chi connectivity index (χ1v) is 7.86. The lowest BCUT2D eigenvalue weighted by Gasteiger charge is -2.26. The van der Waals surface area contributed by atoms with Crippen molar-refractivity contribution >= 4 is 17.2 Å². The molecule has 1 aromatic heterocycles. The maximum atomic E-state index is 12.4. The van der Waals surface area contributed by atoms with Gasteiger partial charge in [-0.25, -0.2) is 0 Å². The number of aliphatic hydroxyl groups excluding tert-OH is 1. The molecule has 20 heavy (non-hydrogen) atoms. The van der Waals surface area contributed by atoms with Crippen molar-refractivity contribution < 1.29 is 9.90 Å². The van der Waals surface area contributed by atoms with Crippen molar-refractivity contribution in [2.45, 2.75) is 58.7 Å². The summed E-state index contributed by atoms with van der Waals surface area (Å²) in [5.41, 5.74) is 0.875. The van der Waals surface area contributed by atoms with Crippen LogP contribution in [0, 0.1) is 13.8 Å². The Hall–Kier alpha value is -1.14. The van der Waals surface area contributed by atoms with Crippen LogP contribution in [0.5, 0.6) is 0 Å². The second kappa shape index (κ2) is 6.10. The summed E-state index contributed by atoms with van der Waals surface area (Å²) in [7, 11) is 0. The zero-order valence-corrected chi connectivity index (χ0v) is 13.1. The fourth-order valence-electron chi connectivity index (χ4n) is 2.80. The van der Waals surface area contributed by atoms with Gasteiger partial charge in [-0.2, -0.15) is 0 Å². The zero-order chi connectivity index (χ0) is 14.9. The highest BCUT2D eigenvalue weighted by molar-refractivity contribution is 7.09. The maximum absolute atomic E-state index is 12.4. The van der Waals surface area contributed by atoms with Crippen molar-refractivity contribution in [1.29, 1.82) is 0 Å². The molecule has 0 aromatic carbocycles. The molecular formula is C14H22N2O3S. The van der Waals surface area contributed by atoms with Crippen LogP contribution in [-0.4, -0.2) is 39.2 Å². The van der Waals surface area contributed by atoms with E-state index in [0.29, 0.717) is 6.42 Å². The molecule has 2 atom stereocenters. The van der Waals surface area contributed by atoms with E-state index in [4.69, 9.17) is 0 Å². The summed E-state index contributed by atoms with van der Waals surface area (Å²) in [6, 6.07) is 0.109. The van der Waals surface area contributed by atoms with Gasteiger partial charge in [0.1, 0.15) is 6.54 Å². The van der Waals surface area contributed by atoms with Crippen LogP contribution in [-0.2, 0) is 11.3 Å². The Balaban J connectivity index is 2.09. The molecule has 1 aromatic rings. The summed E-state index contributed by atoms with van der Waals surface area (Å²) >= 11 is 1.19. The first kappa shape index (κ1) is 15.3. The smallest absolute Gasteiger partial charge is 0.308 e.